The Bertz CT molecular complexity index is 981. The van der Waals surface area contributed by atoms with Crippen LogP contribution in [0.4, 0.5) is 5.69 Å². The molecule has 2 N–H and O–H groups in total. The molecule has 1 amide bonds. The first-order valence-electron chi connectivity index (χ1n) is 9.25. The summed E-state index contributed by atoms with van der Waals surface area (Å²) in [7, 11) is 0. The Hall–Kier alpha value is -3.32. The summed E-state index contributed by atoms with van der Waals surface area (Å²) >= 11 is 0. The zero-order valence-electron chi connectivity index (χ0n) is 15.4. The van der Waals surface area contributed by atoms with E-state index in [0.29, 0.717) is 25.4 Å². The Kier molecular flexibility index (Phi) is 5.53. The first kappa shape index (κ1) is 18.1. The van der Waals surface area contributed by atoms with Crippen LogP contribution in [0.25, 0.3) is 0 Å². The van der Waals surface area contributed by atoms with Crippen LogP contribution in [0.1, 0.15) is 27.6 Å². The predicted octanol–water partition coefficient (Wildman–Crippen LogP) is 2.46. The average Bonchev–Trinajstić information content (AvgIpc) is 3.37. The Balaban J connectivity index is 1.19. The van der Waals surface area contributed by atoms with Gasteiger partial charge < -0.3 is 15.1 Å². The van der Waals surface area contributed by atoms with Gasteiger partial charge in [-0.3, -0.25) is 14.8 Å². The van der Waals surface area contributed by atoms with Crippen molar-refractivity contribution in [1.82, 2.24) is 20.6 Å². The summed E-state index contributed by atoms with van der Waals surface area (Å²) in [5, 5.41) is 6.14. The quantitative estimate of drug-likeness (QED) is 0.590. The summed E-state index contributed by atoms with van der Waals surface area (Å²) in [5.41, 5.74) is 4.53. The van der Waals surface area contributed by atoms with Gasteiger partial charge in [0.25, 0.3) is 5.91 Å². The molecule has 0 bridgehead atoms. The number of rotatable bonds is 8. The second-order valence-electron chi connectivity index (χ2n) is 6.54. The zero-order valence-corrected chi connectivity index (χ0v) is 15.4. The highest BCUT2D eigenvalue weighted by Crippen LogP contribution is 2.25. The molecular formula is C21H21N5O2. The fraction of sp³-hybridized carbons (Fsp3) is 0.238. The first-order chi connectivity index (χ1) is 13.8. The van der Waals surface area contributed by atoms with Gasteiger partial charge in [-0.05, 0) is 23.8 Å². The third kappa shape index (κ3) is 4.50. The molecule has 4 rings (SSSR count). The van der Waals surface area contributed by atoms with Gasteiger partial charge in [-0.15, -0.1) is 0 Å². The van der Waals surface area contributed by atoms with Crippen molar-refractivity contribution in [2.75, 3.05) is 13.1 Å². The largest absolute Gasteiger partial charge is 0.448 e. The highest BCUT2D eigenvalue weighted by atomic mass is 16.3. The summed E-state index contributed by atoms with van der Waals surface area (Å²) in [6.07, 6.45) is 4.58. The maximum atomic E-state index is 12.2. The summed E-state index contributed by atoms with van der Waals surface area (Å²) in [6.45, 7) is 1.78. The van der Waals surface area contributed by atoms with Gasteiger partial charge in [-0.2, -0.15) is 0 Å². The van der Waals surface area contributed by atoms with Gasteiger partial charge in [0, 0.05) is 37.8 Å². The van der Waals surface area contributed by atoms with E-state index in [4.69, 9.17) is 4.42 Å². The van der Waals surface area contributed by atoms with E-state index in [1.54, 1.807) is 6.20 Å². The van der Waals surface area contributed by atoms with Gasteiger partial charge in [-0.25, -0.2) is 4.98 Å². The molecule has 2 aromatic heterocycles. The van der Waals surface area contributed by atoms with E-state index in [1.165, 1.54) is 11.8 Å². The SMILES string of the molecule is O=C(NCc1ccccn1)c1coc(CCNCC2=Nc3ccccc3C2)n1. The monoisotopic (exact) mass is 375 g/mol. The number of oxazole rings is 1. The zero-order chi connectivity index (χ0) is 19.2. The van der Waals surface area contributed by atoms with Crippen molar-refractivity contribution in [1.29, 1.82) is 0 Å². The lowest BCUT2D eigenvalue weighted by atomic mass is 10.1. The molecular weight excluding hydrogens is 354 g/mol. The maximum absolute atomic E-state index is 12.2. The van der Waals surface area contributed by atoms with Crippen molar-refractivity contribution in [2.45, 2.75) is 19.4 Å². The lowest BCUT2D eigenvalue weighted by Gasteiger charge is -2.02. The third-order valence-electron chi connectivity index (χ3n) is 4.45. The van der Waals surface area contributed by atoms with Crippen LogP contribution in [-0.2, 0) is 19.4 Å². The van der Waals surface area contributed by atoms with Crippen molar-refractivity contribution in [3.63, 3.8) is 0 Å². The number of hydrogen-bond acceptors (Lipinski definition) is 6. The number of hydrogen-bond donors (Lipinski definition) is 2. The number of nitrogens with zero attached hydrogens (tertiary/aromatic N) is 3. The number of pyridine rings is 1. The Morgan fingerprint density at radius 2 is 2.00 bits per heavy atom. The smallest absolute Gasteiger partial charge is 0.273 e. The van der Waals surface area contributed by atoms with Crippen LogP contribution in [0.15, 0.2) is 64.3 Å². The normalized spacial score (nSPS) is 12.5. The molecule has 1 aliphatic rings. The Labute approximate surface area is 162 Å². The third-order valence-corrected chi connectivity index (χ3v) is 4.45. The summed E-state index contributed by atoms with van der Waals surface area (Å²) in [4.78, 5) is 25.2. The maximum Gasteiger partial charge on any atom is 0.273 e. The number of carbonyl (C=O) groups excluding carboxylic acids is 1. The lowest BCUT2D eigenvalue weighted by Crippen LogP contribution is -2.25. The summed E-state index contributed by atoms with van der Waals surface area (Å²) in [6, 6.07) is 13.8. The van der Waals surface area contributed by atoms with Gasteiger partial charge in [0.2, 0.25) is 0 Å². The molecule has 142 valence electrons. The van der Waals surface area contributed by atoms with Gasteiger partial charge in [-0.1, -0.05) is 24.3 Å². The number of aromatic nitrogens is 2. The first-order valence-corrected chi connectivity index (χ1v) is 9.25. The average molecular weight is 375 g/mol. The van der Waals surface area contributed by atoms with Gasteiger partial charge in [0.15, 0.2) is 11.6 Å². The molecule has 3 heterocycles. The number of amides is 1. The number of para-hydroxylation sites is 1. The summed E-state index contributed by atoms with van der Waals surface area (Å²) in [5.74, 6) is 0.263. The topological polar surface area (TPSA) is 92.4 Å². The molecule has 0 aliphatic carbocycles. The molecule has 7 nitrogen and oxygen atoms in total. The van der Waals surface area contributed by atoms with E-state index in [-0.39, 0.29) is 11.6 Å². The summed E-state index contributed by atoms with van der Waals surface area (Å²) < 4.78 is 5.40. The highest BCUT2D eigenvalue weighted by molar-refractivity contribution is 5.95. The van der Waals surface area contributed by atoms with Crippen LogP contribution in [0.5, 0.6) is 0 Å². The van der Waals surface area contributed by atoms with Crippen LogP contribution in [-0.4, -0.2) is 34.7 Å². The molecule has 7 heteroatoms. The number of aliphatic imine (C=N–C) groups is 1. The fourth-order valence-electron chi connectivity index (χ4n) is 3.02. The van der Waals surface area contributed by atoms with E-state index >= 15 is 0 Å². The number of fused-ring (bicyclic) bond motifs is 1. The lowest BCUT2D eigenvalue weighted by molar-refractivity contribution is 0.0945. The van der Waals surface area contributed by atoms with Crippen LogP contribution >= 0.6 is 0 Å². The minimum Gasteiger partial charge on any atom is -0.448 e. The molecule has 0 saturated heterocycles. The molecule has 1 aromatic carbocycles. The van der Waals surface area contributed by atoms with Crippen LogP contribution in [0, 0.1) is 0 Å². The van der Waals surface area contributed by atoms with Gasteiger partial charge >= 0.3 is 0 Å². The standard InChI is InChI=1S/C21H21N5O2/c27-21(24-13-16-6-3-4-9-23-16)19-14-28-20(26-19)8-10-22-12-17-11-15-5-1-2-7-18(15)25-17/h1-7,9,14,22H,8,10-13H2,(H,24,27). The van der Waals surface area contributed by atoms with Gasteiger partial charge in [0.1, 0.15) is 6.26 Å². The second kappa shape index (κ2) is 8.58. The highest BCUT2D eigenvalue weighted by Gasteiger charge is 2.14. The minimum atomic E-state index is -0.272. The minimum absolute atomic E-state index is 0.272. The Morgan fingerprint density at radius 3 is 2.86 bits per heavy atom. The van der Waals surface area contributed by atoms with Crippen LogP contribution < -0.4 is 10.6 Å². The number of benzene rings is 1. The number of carbonyl (C=O) groups is 1. The fourth-order valence-corrected chi connectivity index (χ4v) is 3.02. The Morgan fingerprint density at radius 1 is 1.11 bits per heavy atom. The second-order valence-corrected chi connectivity index (χ2v) is 6.54. The van der Waals surface area contributed by atoms with E-state index in [2.05, 4.69) is 31.7 Å². The van der Waals surface area contributed by atoms with E-state index in [9.17, 15) is 4.79 Å². The van der Waals surface area contributed by atoms with E-state index in [1.807, 2.05) is 36.4 Å². The van der Waals surface area contributed by atoms with Crippen molar-refractivity contribution in [3.05, 3.63) is 77.8 Å². The predicted molar refractivity (Wildman–Crippen MR) is 106 cm³/mol. The number of nitrogens with one attached hydrogen (secondary N) is 2. The van der Waals surface area contributed by atoms with Gasteiger partial charge in [0.05, 0.1) is 17.9 Å². The molecule has 0 spiro atoms. The van der Waals surface area contributed by atoms with E-state index in [0.717, 1.165) is 30.1 Å². The molecule has 0 radical (unpaired) electrons. The van der Waals surface area contributed by atoms with Crippen LogP contribution in [0.2, 0.25) is 0 Å². The van der Waals surface area contributed by atoms with Crippen molar-refractivity contribution < 1.29 is 9.21 Å². The molecule has 0 atom stereocenters. The molecule has 1 aliphatic heterocycles. The van der Waals surface area contributed by atoms with Crippen LogP contribution in [0.3, 0.4) is 0 Å². The molecule has 28 heavy (non-hydrogen) atoms. The van der Waals surface area contributed by atoms with E-state index < -0.39 is 0 Å². The molecule has 0 fully saturated rings. The molecule has 0 unspecified atom stereocenters. The molecule has 3 aromatic rings. The van der Waals surface area contributed by atoms with Crippen molar-refractivity contribution in [3.8, 4) is 0 Å². The molecule has 0 saturated carbocycles. The van der Waals surface area contributed by atoms with Crippen molar-refractivity contribution in [2.24, 2.45) is 4.99 Å². The van der Waals surface area contributed by atoms with Crippen molar-refractivity contribution >= 4 is 17.3 Å².